The van der Waals surface area contributed by atoms with Crippen LogP contribution in [0.15, 0.2) is 29.0 Å². The van der Waals surface area contributed by atoms with Crippen molar-refractivity contribution in [1.82, 2.24) is 14.8 Å². The van der Waals surface area contributed by atoms with Gasteiger partial charge in [0, 0.05) is 17.2 Å². The minimum atomic E-state index is 0.972. The van der Waals surface area contributed by atoms with Gasteiger partial charge in [0.25, 0.3) is 0 Å². The summed E-state index contributed by atoms with van der Waals surface area (Å²) in [6, 6.07) is 4.27. The van der Waals surface area contributed by atoms with E-state index < -0.39 is 0 Å². The van der Waals surface area contributed by atoms with Crippen molar-refractivity contribution in [2.24, 2.45) is 0 Å². The molecule has 0 N–H and O–H groups in total. The summed E-state index contributed by atoms with van der Waals surface area (Å²) in [6.45, 7) is 3.15. The Morgan fingerprint density at radius 2 is 2.44 bits per heavy atom. The third kappa shape index (κ3) is 3.09. The van der Waals surface area contributed by atoms with Crippen LogP contribution in [0.1, 0.15) is 18.2 Å². The molecule has 2 rings (SSSR count). The molecule has 0 fully saturated rings. The molecule has 0 aliphatic rings. The molecule has 0 radical (unpaired) electrons. The molecule has 0 unspecified atom stereocenters. The van der Waals surface area contributed by atoms with Gasteiger partial charge in [0.2, 0.25) is 0 Å². The van der Waals surface area contributed by atoms with Crippen LogP contribution in [-0.2, 0) is 13.0 Å². The Morgan fingerprint density at radius 1 is 1.50 bits per heavy atom. The summed E-state index contributed by atoms with van der Waals surface area (Å²) < 4.78 is 2.14. The normalized spacial score (nSPS) is 10.8. The number of thiophene rings is 1. The molecule has 3 nitrogen and oxygen atoms in total. The van der Waals surface area contributed by atoms with Crippen molar-refractivity contribution in [2.45, 2.75) is 31.5 Å². The van der Waals surface area contributed by atoms with Crippen molar-refractivity contribution in [2.75, 3.05) is 5.75 Å². The highest BCUT2D eigenvalue weighted by atomic mass is 32.2. The summed E-state index contributed by atoms with van der Waals surface area (Å²) in [7, 11) is 0. The Labute approximate surface area is 104 Å². The largest absolute Gasteiger partial charge is 0.308 e. The van der Waals surface area contributed by atoms with E-state index in [0.717, 1.165) is 23.9 Å². The molecule has 5 heteroatoms. The number of hydrogen-bond donors (Lipinski definition) is 0. The van der Waals surface area contributed by atoms with Gasteiger partial charge in [0.15, 0.2) is 5.16 Å². The van der Waals surface area contributed by atoms with Gasteiger partial charge in [-0.1, -0.05) is 24.8 Å². The number of aromatic nitrogens is 3. The van der Waals surface area contributed by atoms with Crippen LogP contribution in [0.4, 0.5) is 0 Å². The fourth-order valence-corrected chi connectivity index (χ4v) is 2.88. The Bertz CT molecular complexity index is 409. The summed E-state index contributed by atoms with van der Waals surface area (Å²) in [5, 5.41) is 11.3. The zero-order valence-electron chi connectivity index (χ0n) is 9.30. The lowest BCUT2D eigenvalue weighted by Gasteiger charge is -2.04. The van der Waals surface area contributed by atoms with E-state index in [2.05, 4.69) is 39.2 Å². The highest BCUT2D eigenvalue weighted by molar-refractivity contribution is 7.99. The van der Waals surface area contributed by atoms with Gasteiger partial charge in [-0.2, -0.15) is 0 Å². The van der Waals surface area contributed by atoms with Crippen LogP contribution in [-0.4, -0.2) is 20.5 Å². The second-order valence-electron chi connectivity index (χ2n) is 3.48. The van der Waals surface area contributed by atoms with E-state index in [1.54, 1.807) is 11.8 Å². The number of nitrogens with zero attached hydrogens (tertiary/aromatic N) is 3. The van der Waals surface area contributed by atoms with Crippen LogP contribution in [0.5, 0.6) is 0 Å². The Kier molecular flexibility index (Phi) is 4.42. The topological polar surface area (TPSA) is 30.7 Å². The zero-order valence-corrected chi connectivity index (χ0v) is 10.9. The highest BCUT2D eigenvalue weighted by Gasteiger charge is 2.04. The third-order valence-corrected chi connectivity index (χ3v) is 4.32. The summed E-state index contributed by atoms with van der Waals surface area (Å²) in [5.74, 6) is 1.11. The van der Waals surface area contributed by atoms with Gasteiger partial charge in [0.1, 0.15) is 6.33 Å². The first kappa shape index (κ1) is 11.7. The fraction of sp³-hybridized carbons (Fsp3) is 0.455. The molecule has 0 aliphatic carbocycles. The van der Waals surface area contributed by atoms with Crippen LogP contribution < -0.4 is 0 Å². The summed E-state index contributed by atoms with van der Waals surface area (Å²) in [5.41, 5.74) is 0. The van der Waals surface area contributed by atoms with Crippen LogP contribution >= 0.6 is 23.1 Å². The van der Waals surface area contributed by atoms with E-state index in [9.17, 15) is 0 Å². The van der Waals surface area contributed by atoms with Crippen molar-refractivity contribution in [3.8, 4) is 0 Å². The Morgan fingerprint density at radius 3 is 3.19 bits per heavy atom. The zero-order chi connectivity index (χ0) is 11.2. The maximum atomic E-state index is 4.13. The summed E-state index contributed by atoms with van der Waals surface area (Å²) in [4.78, 5) is 1.42. The van der Waals surface area contributed by atoms with Crippen molar-refractivity contribution in [3.63, 3.8) is 0 Å². The maximum absolute atomic E-state index is 4.13. The highest BCUT2D eigenvalue weighted by Crippen LogP contribution is 2.17. The minimum absolute atomic E-state index is 0.972. The predicted octanol–water partition coefficient (Wildman–Crippen LogP) is 3.08. The molecule has 2 aromatic rings. The van der Waals surface area contributed by atoms with E-state index in [1.807, 2.05) is 17.7 Å². The van der Waals surface area contributed by atoms with Gasteiger partial charge in [-0.15, -0.1) is 21.5 Å². The standard InChI is InChI=1S/C11H15N3S2/c1-2-7-16-11-13-12-9-14(11)6-5-10-4-3-8-15-10/h3-4,8-9H,2,5-7H2,1H3. The van der Waals surface area contributed by atoms with Gasteiger partial charge in [-0.3, -0.25) is 0 Å². The maximum Gasteiger partial charge on any atom is 0.191 e. The lowest BCUT2D eigenvalue weighted by molar-refractivity contribution is 0.637. The van der Waals surface area contributed by atoms with Crippen molar-refractivity contribution < 1.29 is 0 Å². The van der Waals surface area contributed by atoms with E-state index in [1.165, 1.54) is 11.3 Å². The van der Waals surface area contributed by atoms with Crippen LogP contribution in [0.3, 0.4) is 0 Å². The van der Waals surface area contributed by atoms with Crippen molar-refractivity contribution >= 4 is 23.1 Å². The van der Waals surface area contributed by atoms with Gasteiger partial charge in [-0.05, 0) is 24.3 Å². The average molecular weight is 253 g/mol. The lowest BCUT2D eigenvalue weighted by Crippen LogP contribution is -2.01. The number of rotatable bonds is 6. The molecule has 0 saturated heterocycles. The molecule has 0 spiro atoms. The average Bonchev–Trinajstić information content (AvgIpc) is 2.94. The molecule has 0 amide bonds. The van der Waals surface area contributed by atoms with Gasteiger partial charge in [-0.25, -0.2) is 0 Å². The monoisotopic (exact) mass is 253 g/mol. The molecule has 0 atom stereocenters. The van der Waals surface area contributed by atoms with E-state index in [4.69, 9.17) is 0 Å². The molecule has 0 saturated carbocycles. The Balaban J connectivity index is 1.91. The Hall–Kier alpha value is -0.810. The smallest absolute Gasteiger partial charge is 0.191 e. The second-order valence-corrected chi connectivity index (χ2v) is 5.58. The van der Waals surface area contributed by atoms with Gasteiger partial charge < -0.3 is 4.57 Å². The molecule has 0 aromatic carbocycles. The molecular formula is C11H15N3S2. The summed E-state index contributed by atoms with van der Waals surface area (Å²) in [6.07, 6.45) is 4.06. The molecule has 16 heavy (non-hydrogen) atoms. The van der Waals surface area contributed by atoms with Crippen LogP contribution in [0.2, 0.25) is 0 Å². The van der Waals surface area contributed by atoms with Gasteiger partial charge in [0.05, 0.1) is 0 Å². The molecule has 2 aromatic heterocycles. The first-order valence-electron chi connectivity index (χ1n) is 5.43. The van der Waals surface area contributed by atoms with E-state index in [0.29, 0.717) is 0 Å². The molecule has 0 aliphatic heterocycles. The van der Waals surface area contributed by atoms with Crippen LogP contribution in [0.25, 0.3) is 0 Å². The second kappa shape index (κ2) is 6.06. The van der Waals surface area contributed by atoms with Crippen molar-refractivity contribution in [1.29, 1.82) is 0 Å². The fourth-order valence-electron chi connectivity index (χ4n) is 1.39. The van der Waals surface area contributed by atoms with Gasteiger partial charge >= 0.3 is 0 Å². The van der Waals surface area contributed by atoms with E-state index in [-0.39, 0.29) is 0 Å². The summed E-state index contributed by atoms with van der Waals surface area (Å²) >= 11 is 3.59. The minimum Gasteiger partial charge on any atom is -0.308 e. The number of aryl methyl sites for hydroxylation is 2. The molecule has 86 valence electrons. The third-order valence-electron chi connectivity index (χ3n) is 2.19. The first-order valence-corrected chi connectivity index (χ1v) is 7.29. The molecule has 2 heterocycles. The predicted molar refractivity (Wildman–Crippen MR) is 69.1 cm³/mol. The molecule has 0 bridgehead atoms. The SMILES string of the molecule is CCCSc1nncn1CCc1cccs1. The number of hydrogen-bond acceptors (Lipinski definition) is 4. The lowest BCUT2D eigenvalue weighted by atomic mass is 10.3. The van der Waals surface area contributed by atoms with Crippen LogP contribution in [0, 0.1) is 0 Å². The van der Waals surface area contributed by atoms with E-state index >= 15 is 0 Å². The quantitative estimate of drug-likeness (QED) is 0.741. The van der Waals surface area contributed by atoms with Crippen molar-refractivity contribution in [3.05, 3.63) is 28.7 Å². The first-order chi connectivity index (χ1) is 7.90. The number of thioether (sulfide) groups is 1. The molecular weight excluding hydrogens is 238 g/mol.